The predicted octanol–water partition coefficient (Wildman–Crippen LogP) is 6.12. The molecule has 2 rings (SSSR count). The van der Waals surface area contributed by atoms with Crippen molar-refractivity contribution in [1.29, 1.82) is 0 Å². The molecule has 4 heteroatoms. The van der Waals surface area contributed by atoms with Crippen molar-refractivity contribution in [3.63, 3.8) is 0 Å². The Morgan fingerprint density at radius 3 is 2.26 bits per heavy atom. The molecule has 0 saturated heterocycles. The van der Waals surface area contributed by atoms with Crippen molar-refractivity contribution < 1.29 is 0 Å². The lowest BCUT2D eigenvalue weighted by atomic mass is 9.97. The van der Waals surface area contributed by atoms with Gasteiger partial charge >= 0.3 is 0 Å². The van der Waals surface area contributed by atoms with Crippen LogP contribution in [0.2, 0.25) is 0 Å². The summed E-state index contributed by atoms with van der Waals surface area (Å²) in [6.45, 7) is 10.9. The van der Waals surface area contributed by atoms with E-state index in [0.29, 0.717) is 11.9 Å². The Kier molecular flexibility index (Phi) is 8.43. The molecule has 1 N–H and O–H groups in total. The number of benzene rings is 1. The van der Waals surface area contributed by atoms with Gasteiger partial charge in [0.25, 0.3) is 0 Å². The van der Waals surface area contributed by atoms with Gasteiger partial charge in [-0.15, -0.1) is 0 Å². The maximum atomic E-state index is 4.64. The summed E-state index contributed by atoms with van der Waals surface area (Å²) in [6.07, 6.45) is 6.50. The van der Waals surface area contributed by atoms with E-state index in [1.165, 1.54) is 12.0 Å². The third-order valence-electron chi connectivity index (χ3n) is 4.96. The van der Waals surface area contributed by atoms with Gasteiger partial charge in [0.15, 0.2) is 0 Å². The Morgan fingerprint density at radius 1 is 1.00 bits per heavy atom. The maximum absolute atomic E-state index is 4.64. The first kappa shape index (κ1) is 21.1. The molecule has 1 heterocycles. The number of nitrogens with zero attached hydrogens (tertiary/aromatic N) is 3. The lowest BCUT2D eigenvalue weighted by Gasteiger charge is -2.10. The van der Waals surface area contributed by atoms with E-state index in [2.05, 4.69) is 78.5 Å². The van der Waals surface area contributed by atoms with Crippen molar-refractivity contribution in [1.82, 2.24) is 9.97 Å². The zero-order chi connectivity index (χ0) is 19.6. The van der Waals surface area contributed by atoms with Crippen LogP contribution in [0.4, 0.5) is 5.95 Å². The fourth-order valence-corrected chi connectivity index (χ4v) is 2.96. The Hall–Kier alpha value is -2.23. The molecule has 0 aliphatic heterocycles. The lowest BCUT2D eigenvalue weighted by molar-refractivity contribution is 0.733. The second-order valence-electron chi connectivity index (χ2n) is 7.27. The van der Waals surface area contributed by atoms with Gasteiger partial charge in [0.05, 0.1) is 5.71 Å². The number of hydrogen-bond acceptors (Lipinski definition) is 4. The number of nitrogens with one attached hydrogen (secondary N) is 1. The zero-order valence-electron chi connectivity index (χ0n) is 17.5. The van der Waals surface area contributed by atoms with Crippen molar-refractivity contribution in [2.24, 2.45) is 5.10 Å². The third kappa shape index (κ3) is 6.46. The molecule has 1 unspecified atom stereocenters. The quantitative estimate of drug-likeness (QED) is 0.407. The zero-order valence-corrected chi connectivity index (χ0v) is 17.5. The molecule has 146 valence electrons. The minimum atomic E-state index is 0.589. The van der Waals surface area contributed by atoms with Crippen molar-refractivity contribution in [2.75, 3.05) is 5.43 Å². The molecule has 0 fully saturated rings. The normalized spacial score (nSPS) is 12.9. The van der Waals surface area contributed by atoms with Crippen LogP contribution in [-0.2, 0) is 12.8 Å². The predicted molar refractivity (Wildman–Crippen MR) is 116 cm³/mol. The van der Waals surface area contributed by atoms with E-state index in [0.717, 1.165) is 54.8 Å². The Bertz CT molecular complexity index is 735. The van der Waals surface area contributed by atoms with Gasteiger partial charge in [-0.05, 0) is 55.7 Å². The van der Waals surface area contributed by atoms with E-state index in [-0.39, 0.29) is 0 Å². The van der Waals surface area contributed by atoms with Crippen molar-refractivity contribution >= 4 is 11.7 Å². The molecule has 27 heavy (non-hydrogen) atoms. The summed E-state index contributed by atoms with van der Waals surface area (Å²) in [7, 11) is 0. The Morgan fingerprint density at radius 2 is 1.67 bits per heavy atom. The van der Waals surface area contributed by atoms with E-state index >= 15 is 0 Å². The summed E-state index contributed by atoms with van der Waals surface area (Å²) < 4.78 is 0. The van der Waals surface area contributed by atoms with E-state index in [1.54, 1.807) is 0 Å². The topological polar surface area (TPSA) is 50.2 Å². The molecule has 0 radical (unpaired) electrons. The standard InChI is InChI=1S/C23H34N4/c1-6-9-11-22-16-21(10-7-2)24-23(25-22)27-26-18(5)20-14-12-19(13-15-20)17(4)8-3/h12-17H,6-11H2,1-5H3,(H,24,25,27). The number of anilines is 1. The number of rotatable bonds is 10. The summed E-state index contributed by atoms with van der Waals surface area (Å²) in [5.74, 6) is 1.19. The van der Waals surface area contributed by atoms with Crippen LogP contribution in [0.25, 0.3) is 0 Å². The highest BCUT2D eigenvalue weighted by molar-refractivity contribution is 5.99. The molecular formula is C23H34N4. The molecule has 2 aromatic rings. The molecule has 1 atom stereocenters. The summed E-state index contributed by atoms with van der Waals surface area (Å²) >= 11 is 0. The van der Waals surface area contributed by atoms with Crippen molar-refractivity contribution in [2.45, 2.75) is 79.1 Å². The van der Waals surface area contributed by atoms with E-state index in [1.807, 2.05) is 6.92 Å². The first-order valence-electron chi connectivity index (χ1n) is 10.3. The average Bonchev–Trinajstić information content (AvgIpc) is 2.70. The van der Waals surface area contributed by atoms with Gasteiger partial charge in [-0.3, -0.25) is 0 Å². The highest BCUT2D eigenvalue weighted by Crippen LogP contribution is 2.19. The van der Waals surface area contributed by atoms with Crippen LogP contribution in [0.15, 0.2) is 35.4 Å². The van der Waals surface area contributed by atoms with E-state index < -0.39 is 0 Å². The van der Waals surface area contributed by atoms with Gasteiger partial charge in [0.2, 0.25) is 5.95 Å². The van der Waals surface area contributed by atoms with Crippen molar-refractivity contribution in [3.8, 4) is 0 Å². The van der Waals surface area contributed by atoms with Crippen LogP contribution in [-0.4, -0.2) is 15.7 Å². The molecule has 4 nitrogen and oxygen atoms in total. The third-order valence-corrected chi connectivity index (χ3v) is 4.96. The average molecular weight is 367 g/mol. The number of aryl methyl sites for hydroxylation is 2. The van der Waals surface area contributed by atoms with Crippen LogP contribution >= 0.6 is 0 Å². The Balaban J connectivity index is 2.13. The molecule has 0 aliphatic rings. The number of hydrazone groups is 1. The van der Waals surface area contributed by atoms with Crippen LogP contribution in [0, 0.1) is 0 Å². The van der Waals surface area contributed by atoms with Crippen LogP contribution in [0.5, 0.6) is 0 Å². The monoisotopic (exact) mass is 366 g/mol. The molecule has 1 aromatic heterocycles. The fraction of sp³-hybridized carbons (Fsp3) is 0.522. The van der Waals surface area contributed by atoms with E-state index in [9.17, 15) is 0 Å². The molecular weight excluding hydrogens is 332 g/mol. The number of unbranched alkanes of at least 4 members (excludes halogenated alkanes) is 1. The highest BCUT2D eigenvalue weighted by Gasteiger charge is 2.06. The molecule has 0 aliphatic carbocycles. The molecule has 0 saturated carbocycles. The minimum Gasteiger partial charge on any atom is -0.245 e. The highest BCUT2D eigenvalue weighted by atomic mass is 15.4. The summed E-state index contributed by atoms with van der Waals surface area (Å²) in [4.78, 5) is 9.25. The van der Waals surface area contributed by atoms with Crippen LogP contribution in [0.3, 0.4) is 0 Å². The summed E-state index contributed by atoms with van der Waals surface area (Å²) in [5.41, 5.74) is 8.69. The lowest BCUT2D eigenvalue weighted by Crippen LogP contribution is -2.06. The number of hydrogen-bond donors (Lipinski definition) is 1. The van der Waals surface area contributed by atoms with Crippen molar-refractivity contribution in [3.05, 3.63) is 52.8 Å². The molecule has 0 amide bonds. The Labute approximate surface area is 164 Å². The van der Waals surface area contributed by atoms with Gasteiger partial charge < -0.3 is 0 Å². The molecule has 0 bridgehead atoms. The minimum absolute atomic E-state index is 0.589. The van der Waals surface area contributed by atoms with Gasteiger partial charge in [-0.25, -0.2) is 15.4 Å². The summed E-state index contributed by atoms with van der Waals surface area (Å²) in [6, 6.07) is 10.8. The fourth-order valence-electron chi connectivity index (χ4n) is 2.96. The van der Waals surface area contributed by atoms with Gasteiger partial charge in [-0.1, -0.05) is 64.8 Å². The smallest absolute Gasteiger partial charge is 0.243 e. The van der Waals surface area contributed by atoms with Crippen LogP contribution < -0.4 is 5.43 Å². The molecule has 0 spiro atoms. The number of aromatic nitrogens is 2. The second kappa shape index (κ2) is 10.8. The van der Waals surface area contributed by atoms with Gasteiger partial charge in [0.1, 0.15) is 0 Å². The van der Waals surface area contributed by atoms with Gasteiger partial charge in [-0.2, -0.15) is 5.10 Å². The SMILES string of the molecule is CCCCc1cc(CCC)nc(NN=C(C)c2ccc(C(C)CC)cc2)n1. The largest absolute Gasteiger partial charge is 0.245 e. The molecule has 1 aromatic carbocycles. The van der Waals surface area contributed by atoms with Crippen LogP contribution in [0.1, 0.15) is 88.7 Å². The first-order valence-corrected chi connectivity index (χ1v) is 10.3. The first-order chi connectivity index (χ1) is 13.1. The maximum Gasteiger partial charge on any atom is 0.243 e. The van der Waals surface area contributed by atoms with Gasteiger partial charge in [0, 0.05) is 11.4 Å². The second-order valence-corrected chi connectivity index (χ2v) is 7.27. The summed E-state index contributed by atoms with van der Waals surface area (Å²) in [5, 5.41) is 4.52. The van der Waals surface area contributed by atoms with E-state index in [4.69, 9.17) is 0 Å².